The van der Waals surface area contributed by atoms with Crippen molar-refractivity contribution in [1.82, 2.24) is 10.2 Å². The van der Waals surface area contributed by atoms with E-state index >= 15 is 0 Å². The number of nitrogens with zero attached hydrogens (tertiary/aromatic N) is 1. The standard InChI is InChI=1S/C33H42N2O5S/c1-32(2,3)40-31(39)34-27-16-12-7-5-4-6-8-13-21-41-33(22-28(30(37)38)35(23-33)29(27)36)26-19-17-25(18-20-26)24-14-10-9-11-15-24/h8-11,13-15,17-20,27-28H,4-7,12,16,21-23H2,1-3H3,(H,34,39)(H,37,38)/b13-8-/t27-,28-,33-/m0/s1. The summed E-state index contributed by atoms with van der Waals surface area (Å²) in [6, 6.07) is 16.5. The van der Waals surface area contributed by atoms with Crippen molar-refractivity contribution < 1.29 is 24.2 Å². The number of thioether (sulfide) groups is 1. The number of hydrogen-bond acceptors (Lipinski definition) is 5. The average molecular weight is 579 g/mol. The van der Waals surface area contributed by atoms with Crippen LogP contribution < -0.4 is 5.32 Å². The van der Waals surface area contributed by atoms with Crippen molar-refractivity contribution in [2.24, 2.45) is 0 Å². The molecule has 2 N–H and O–H groups in total. The average Bonchev–Trinajstić information content (AvgIpc) is 3.33. The van der Waals surface area contributed by atoms with Crippen LogP contribution in [-0.4, -0.2) is 58.0 Å². The Hall–Kier alpha value is -3.26. The lowest BCUT2D eigenvalue weighted by atomic mass is 9.93. The lowest BCUT2D eigenvalue weighted by Crippen LogP contribution is -2.52. The van der Waals surface area contributed by atoms with E-state index in [-0.39, 0.29) is 18.9 Å². The third-order valence-corrected chi connectivity index (χ3v) is 9.08. The molecular formula is C33H42N2O5S. The Morgan fingerprint density at radius 3 is 2.34 bits per heavy atom. The molecule has 1 fully saturated rings. The molecule has 2 bridgehead atoms. The highest BCUT2D eigenvalue weighted by atomic mass is 32.2. The number of rotatable bonds is 4. The lowest BCUT2D eigenvalue weighted by molar-refractivity contribution is -0.149. The number of carboxylic acid groups (broad SMARTS) is 1. The molecule has 2 aliphatic heterocycles. The highest BCUT2D eigenvalue weighted by Crippen LogP contribution is 2.48. The molecule has 4 rings (SSSR count). The highest BCUT2D eigenvalue weighted by Gasteiger charge is 2.51. The van der Waals surface area contributed by atoms with Crippen molar-refractivity contribution in [2.45, 2.75) is 88.1 Å². The van der Waals surface area contributed by atoms with Gasteiger partial charge >= 0.3 is 12.1 Å². The summed E-state index contributed by atoms with van der Waals surface area (Å²) in [5.41, 5.74) is 2.47. The Morgan fingerprint density at radius 1 is 0.976 bits per heavy atom. The van der Waals surface area contributed by atoms with Crippen molar-refractivity contribution >= 4 is 29.7 Å². The number of alkyl carbamates (subject to hydrolysis) is 1. The van der Waals surface area contributed by atoms with Crippen molar-refractivity contribution in [3.8, 4) is 11.1 Å². The molecule has 7 nitrogen and oxygen atoms in total. The van der Waals surface area contributed by atoms with Crippen LogP contribution in [0.15, 0.2) is 66.7 Å². The van der Waals surface area contributed by atoms with E-state index in [0.29, 0.717) is 12.2 Å². The molecule has 0 unspecified atom stereocenters. The van der Waals surface area contributed by atoms with Crippen LogP contribution in [0.25, 0.3) is 11.1 Å². The summed E-state index contributed by atoms with van der Waals surface area (Å²) in [5, 5.41) is 13.1. The molecule has 3 atom stereocenters. The topological polar surface area (TPSA) is 95.9 Å². The minimum Gasteiger partial charge on any atom is -0.480 e. The molecule has 0 aromatic heterocycles. The highest BCUT2D eigenvalue weighted by molar-refractivity contribution is 8.00. The van der Waals surface area contributed by atoms with Gasteiger partial charge in [0, 0.05) is 12.3 Å². The maximum Gasteiger partial charge on any atom is 0.408 e. The van der Waals surface area contributed by atoms with Gasteiger partial charge in [0.1, 0.15) is 17.7 Å². The zero-order chi connectivity index (χ0) is 29.5. The monoisotopic (exact) mass is 578 g/mol. The van der Waals surface area contributed by atoms with Gasteiger partial charge < -0.3 is 20.1 Å². The Labute approximate surface area is 247 Å². The van der Waals surface area contributed by atoms with Crippen molar-refractivity contribution in [3.05, 3.63) is 72.3 Å². The van der Waals surface area contributed by atoms with Crippen LogP contribution in [0.4, 0.5) is 4.79 Å². The van der Waals surface area contributed by atoms with Crippen LogP contribution in [0, 0.1) is 0 Å². The molecule has 2 aromatic carbocycles. The van der Waals surface area contributed by atoms with Crippen LogP contribution in [0.3, 0.4) is 0 Å². The number of ether oxygens (including phenoxy) is 1. The molecule has 0 spiro atoms. The number of fused-ring (bicyclic) bond motifs is 2. The number of carboxylic acids is 1. The van der Waals surface area contributed by atoms with E-state index in [9.17, 15) is 19.5 Å². The first-order valence-corrected chi connectivity index (χ1v) is 15.5. The zero-order valence-corrected chi connectivity index (χ0v) is 25.1. The number of hydrogen-bond donors (Lipinski definition) is 2. The fourth-order valence-corrected chi connectivity index (χ4v) is 6.94. The third kappa shape index (κ3) is 8.15. The summed E-state index contributed by atoms with van der Waals surface area (Å²) >= 11 is 1.69. The second-order valence-electron chi connectivity index (χ2n) is 11.9. The largest absolute Gasteiger partial charge is 0.480 e. The number of carbonyl (C=O) groups is 3. The number of benzene rings is 2. The smallest absolute Gasteiger partial charge is 0.408 e. The van der Waals surface area contributed by atoms with Crippen LogP contribution in [-0.2, 0) is 19.1 Å². The summed E-state index contributed by atoms with van der Waals surface area (Å²) < 4.78 is 4.85. The molecule has 2 amide bonds. The van der Waals surface area contributed by atoms with Crippen molar-refractivity contribution in [2.75, 3.05) is 12.3 Å². The van der Waals surface area contributed by atoms with E-state index in [2.05, 4.69) is 53.9 Å². The first-order chi connectivity index (χ1) is 19.6. The number of amides is 2. The van der Waals surface area contributed by atoms with E-state index < -0.39 is 34.5 Å². The van der Waals surface area contributed by atoms with Crippen LogP contribution >= 0.6 is 11.8 Å². The molecule has 0 saturated carbocycles. The molecular weight excluding hydrogens is 536 g/mol. The Bertz CT molecular complexity index is 1220. The Balaban J connectivity index is 1.67. The fraction of sp³-hybridized carbons (Fsp3) is 0.485. The maximum absolute atomic E-state index is 14.0. The van der Waals surface area contributed by atoms with Gasteiger partial charge in [0.15, 0.2) is 0 Å². The van der Waals surface area contributed by atoms with E-state index in [0.717, 1.165) is 48.8 Å². The zero-order valence-electron chi connectivity index (χ0n) is 24.3. The molecule has 2 aromatic rings. The SMILES string of the molecule is CC(C)(C)OC(=O)N[C@H]1CCCCCC/C=C\CS[C@@]2(c3ccc(-c4ccccc4)cc3)C[C@@H](C(=O)O)N(C2)C1=O. The summed E-state index contributed by atoms with van der Waals surface area (Å²) in [5.74, 6) is -0.680. The second kappa shape index (κ2) is 13.6. The van der Waals surface area contributed by atoms with Gasteiger partial charge in [-0.05, 0) is 63.1 Å². The van der Waals surface area contributed by atoms with E-state index in [1.807, 2.05) is 18.2 Å². The summed E-state index contributed by atoms with van der Waals surface area (Å²) in [6.07, 6.45) is 9.20. The van der Waals surface area contributed by atoms with Gasteiger partial charge in [-0.2, -0.15) is 0 Å². The third-order valence-electron chi connectivity index (χ3n) is 7.64. The van der Waals surface area contributed by atoms with Crippen LogP contribution in [0.1, 0.15) is 71.3 Å². The van der Waals surface area contributed by atoms with Crippen molar-refractivity contribution in [3.63, 3.8) is 0 Å². The van der Waals surface area contributed by atoms with Crippen LogP contribution in [0.2, 0.25) is 0 Å². The Kier molecular flexibility index (Phi) is 10.2. The minimum atomic E-state index is -1.03. The van der Waals surface area contributed by atoms with Gasteiger partial charge in [-0.1, -0.05) is 86.0 Å². The molecule has 0 radical (unpaired) electrons. The minimum absolute atomic E-state index is 0.249. The predicted molar refractivity (Wildman–Crippen MR) is 164 cm³/mol. The Morgan fingerprint density at radius 2 is 1.66 bits per heavy atom. The number of allylic oxidation sites excluding steroid dienone is 1. The summed E-state index contributed by atoms with van der Waals surface area (Å²) in [4.78, 5) is 40.8. The van der Waals surface area contributed by atoms with Gasteiger partial charge in [-0.25, -0.2) is 9.59 Å². The first kappa shape index (κ1) is 30.7. The fourth-order valence-electron chi connectivity index (χ4n) is 5.58. The summed E-state index contributed by atoms with van der Waals surface area (Å²) in [6.45, 7) is 5.57. The quantitative estimate of drug-likeness (QED) is 0.389. The van der Waals surface area contributed by atoms with Gasteiger partial charge in [0.05, 0.1) is 4.75 Å². The number of aliphatic carboxylic acids is 1. The van der Waals surface area contributed by atoms with Gasteiger partial charge in [-0.3, -0.25) is 4.79 Å². The molecule has 220 valence electrons. The summed E-state index contributed by atoms with van der Waals surface area (Å²) in [7, 11) is 0. The molecule has 0 aliphatic carbocycles. The maximum atomic E-state index is 14.0. The second-order valence-corrected chi connectivity index (χ2v) is 13.3. The normalized spacial score (nSPS) is 25.0. The van der Waals surface area contributed by atoms with E-state index in [4.69, 9.17) is 4.74 Å². The number of nitrogens with one attached hydrogen (secondary N) is 1. The van der Waals surface area contributed by atoms with Gasteiger partial charge in [0.25, 0.3) is 0 Å². The van der Waals surface area contributed by atoms with E-state index in [1.165, 1.54) is 4.90 Å². The number of carbonyl (C=O) groups excluding carboxylic acids is 2. The molecule has 8 heteroatoms. The predicted octanol–water partition coefficient (Wildman–Crippen LogP) is 6.77. The van der Waals surface area contributed by atoms with Crippen LogP contribution in [0.5, 0.6) is 0 Å². The molecule has 41 heavy (non-hydrogen) atoms. The molecule has 2 heterocycles. The molecule has 2 aliphatic rings. The lowest BCUT2D eigenvalue weighted by Gasteiger charge is -2.31. The first-order valence-electron chi connectivity index (χ1n) is 14.6. The van der Waals surface area contributed by atoms with E-state index in [1.54, 1.807) is 32.5 Å². The van der Waals surface area contributed by atoms with Crippen molar-refractivity contribution in [1.29, 1.82) is 0 Å². The van der Waals surface area contributed by atoms with Gasteiger partial charge in [-0.15, -0.1) is 11.8 Å². The molecule has 1 saturated heterocycles. The van der Waals surface area contributed by atoms with Gasteiger partial charge in [0.2, 0.25) is 5.91 Å².